The zero-order valence-electron chi connectivity index (χ0n) is 8.13. The van der Waals surface area contributed by atoms with E-state index < -0.39 is 0 Å². The minimum absolute atomic E-state index is 0.291. The van der Waals surface area contributed by atoms with Crippen molar-refractivity contribution in [1.29, 1.82) is 0 Å². The highest BCUT2D eigenvalue weighted by Crippen LogP contribution is 2.38. The highest BCUT2D eigenvalue weighted by atomic mass is 32.2. The molecular formula is C12H12NOS. The van der Waals surface area contributed by atoms with Crippen molar-refractivity contribution in [3.05, 3.63) is 64.1 Å². The summed E-state index contributed by atoms with van der Waals surface area (Å²) in [5.41, 5.74) is 6.83. The van der Waals surface area contributed by atoms with Crippen molar-refractivity contribution < 1.29 is 4.79 Å². The maximum Gasteiger partial charge on any atom is 0.248 e. The van der Waals surface area contributed by atoms with E-state index in [4.69, 9.17) is 5.73 Å². The third kappa shape index (κ3) is 2.50. The van der Waals surface area contributed by atoms with Gasteiger partial charge in [0.15, 0.2) is 0 Å². The van der Waals surface area contributed by atoms with Gasteiger partial charge in [-0.15, -0.1) is 0 Å². The molecule has 1 aromatic carbocycles. The molecule has 0 aromatic heterocycles. The SMILES string of the molecule is NC(=O)c1cccc([CH][SH]2C=CC=C2)c1. The molecule has 2 N–H and O–H groups in total. The molecule has 0 atom stereocenters. The van der Waals surface area contributed by atoms with E-state index in [-0.39, 0.29) is 16.8 Å². The summed E-state index contributed by atoms with van der Waals surface area (Å²) in [6, 6.07) is 7.39. The van der Waals surface area contributed by atoms with Gasteiger partial charge in [-0.05, 0) is 28.5 Å². The minimum atomic E-state index is -0.379. The first-order valence-electron chi connectivity index (χ1n) is 4.63. The predicted molar refractivity (Wildman–Crippen MR) is 65.6 cm³/mol. The maximum absolute atomic E-state index is 11.0. The Balaban J connectivity index is 2.14. The van der Waals surface area contributed by atoms with Crippen LogP contribution >= 0.6 is 10.9 Å². The minimum Gasteiger partial charge on any atom is -0.366 e. The van der Waals surface area contributed by atoms with Gasteiger partial charge in [0.1, 0.15) is 0 Å². The summed E-state index contributed by atoms with van der Waals surface area (Å²) in [5, 5.41) is 4.32. The number of primary amides is 1. The number of carbonyl (C=O) groups is 1. The Morgan fingerprint density at radius 2 is 2.00 bits per heavy atom. The largest absolute Gasteiger partial charge is 0.366 e. The normalized spacial score (nSPS) is 15.9. The van der Waals surface area contributed by atoms with Crippen molar-refractivity contribution in [2.24, 2.45) is 5.73 Å². The molecule has 15 heavy (non-hydrogen) atoms. The van der Waals surface area contributed by atoms with E-state index >= 15 is 0 Å². The first-order chi connectivity index (χ1) is 7.25. The van der Waals surface area contributed by atoms with E-state index in [0.29, 0.717) is 5.56 Å². The summed E-state index contributed by atoms with van der Waals surface area (Å²) in [4.78, 5) is 11.0. The Morgan fingerprint density at radius 1 is 1.27 bits per heavy atom. The Hall–Kier alpha value is -1.48. The van der Waals surface area contributed by atoms with Crippen molar-refractivity contribution in [3.8, 4) is 0 Å². The van der Waals surface area contributed by atoms with Crippen LogP contribution in [0, 0.1) is 5.75 Å². The van der Waals surface area contributed by atoms with Crippen LogP contribution in [0.5, 0.6) is 0 Å². The van der Waals surface area contributed by atoms with Crippen LogP contribution in [0.4, 0.5) is 0 Å². The van der Waals surface area contributed by atoms with Gasteiger partial charge in [-0.2, -0.15) is 0 Å². The second-order valence-electron chi connectivity index (χ2n) is 3.25. The molecule has 1 aromatic rings. The van der Waals surface area contributed by atoms with Gasteiger partial charge < -0.3 is 5.73 Å². The summed E-state index contributed by atoms with van der Waals surface area (Å²) in [5.74, 6) is 1.78. The van der Waals surface area contributed by atoms with E-state index in [0.717, 1.165) is 5.56 Å². The van der Waals surface area contributed by atoms with Crippen LogP contribution in [-0.2, 0) is 0 Å². The van der Waals surface area contributed by atoms with Crippen molar-refractivity contribution >= 4 is 16.8 Å². The monoisotopic (exact) mass is 218 g/mol. The van der Waals surface area contributed by atoms with Gasteiger partial charge in [-0.1, -0.05) is 24.3 Å². The molecular weight excluding hydrogens is 206 g/mol. The van der Waals surface area contributed by atoms with Crippen molar-refractivity contribution in [2.45, 2.75) is 0 Å². The zero-order valence-corrected chi connectivity index (χ0v) is 9.02. The Morgan fingerprint density at radius 3 is 2.67 bits per heavy atom. The quantitative estimate of drug-likeness (QED) is 0.751. The number of hydrogen-bond acceptors (Lipinski definition) is 1. The second kappa shape index (κ2) is 4.36. The third-order valence-electron chi connectivity index (χ3n) is 2.10. The fourth-order valence-electron chi connectivity index (χ4n) is 1.38. The molecule has 1 radical (unpaired) electrons. The van der Waals surface area contributed by atoms with Crippen LogP contribution in [-0.4, -0.2) is 5.91 Å². The molecule has 2 rings (SSSR count). The molecule has 0 aliphatic carbocycles. The van der Waals surface area contributed by atoms with E-state index in [1.807, 2.05) is 30.4 Å². The number of benzene rings is 1. The fourth-order valence-corrected chi connectivity index (χ4v) is 2.75. The number of amides is 1. The molecule has 1 aliphatic rings. The summed E-state index contributed by atoms with van der Waals surface area (Å²) >= 11 is 0. The topological polar surface area (TPSA) is 43.1 Å². The van der Waals surface area contributed by atoms with Crippen LogP contribution in [0.3, 0.4) is 0 Å². The molecule has 1 heterocycles. The lowest BCUT2D eigenvalue weighted by atomic mass is 10.1. The average Bonchev–Trinajstić information content (AvgIpc) is 2.71. The fraction of sp³-hybridized carbons (Fsp3) is 0. The van der Waals surface area contributed by atoms with Crippen molar-refractivity contribution in [3.63, 3.8) is 0 Å². The molecule has 0 saturated heterocycles. The Bertz CT molecular complexity index is 425. The van der Waals surface area contributed by atoms with Gasteiger partial charge in [0.05, 0.1) is 0 Å². The number of nitrogens with two attached hydrogens (primary N) is 1. The summed E-state index contributed by atoms with van der Waals surface area (Å²) < 4.78 is 0. The lowest BCUT2D eigenvalue weighted by molar-refractivity contribution is 0.100. The highest BCUT2D eigenvalue weighted by molar-refractivity contribution is 8.24. The van der Waals surface area contributed by atoms with E-state index in [2.05, 4.69) is 16.6 Å². The number of thiol groups is 1. The Kier molecular flexibility index (Phi) is 2.92. The summed E-state index contributed by atoms with van der Waals surface area (Å²) in [7, 11) is -0.291. The predicted octanol–water partition coefficient (Wildman–Crippen LogP) is 2.34. The van der Waals surface area contributed by atoms with E-state index in [1.54, 1.807) is 6.07 Å². The number of allylic oxidation sites excluding steroid dienone is 2. The summed E-state index contributed by atoms with van der Waals surface area (Å²) in [6.07, 6.45) is 4.08. The highest BCUT2D eigenvalue weighted by Gasteiger charge is 2.04. The lowest BCUT2D eigenvalue weighted by Crippen LogP contribution is -2.10. The molecule has 3 heteroatoms. The molecule has 2 nitrogen and oxygen atoms in total. The van der Waals surface area contributed by atoms with Gasteiger partial charge in [-0.25, -0.2) is 10.9 Å². The lowest BCUT2D eigenvalue weighted by Gasteiger charge is -2.09. The number of carbonyl (C=O) groups excluding carboxylic acids is 1. The molecule has 0 saturated carbocycles. The second-order valence-corrected chi connectivity index (χ2v) is 5.00. The molecule has 0 spiro atoms. The maximum atomic E-state index is 11.0. The standard InChI is InChI=1S/C12H12NOS/c13-12(14)11-5-3-4-10(8-11)9-15-6-1-2-7-15/h1-9,15H,(H2,13,14). The van der Waals surface area contributed by atoms with Gasteiger partial charge in [-0.3, -0.25) is 4.79 Å². The van der Waals surface area contributed by atoms with Crippen LogP contribution in [0.15, 0.2) is 47.2 Å². The van der Waals surface area contributed by atoms with E-state index in [9.17, 15) is 4.79 Å². The van der Waals surface area contributed by atoms with E-state index in [1.165, 1.54) is 0 Å². The molecule has 0 bridgehead atoms. The van der Waals surface area contributed by atoms with Crippen LogP contribution < -0.4 is 5.73 Å². The number of hydrogen-bond donors (Lipinski definition) is 2. The van der Waals surface area contributed by atoms with Crippen LogP contribution in [0.2, 0.25) is 0 Å². The molecule has 0 fully saturated rings. The number of rotatable bonds is 3. The average molecular weight is 218 g/mol. The van der Waals surface area contributed by atoms with Gasteiger partial charge in [0.2, 0.25) is 5.91 Å². The Labute approximate surface area is 91.8 Å². The van der Waals surface area contributed by atoms with Crippen molar-refractivity contribution in [1.82, 2.24) is 0 Å². The zero-order chi connectivity index (χ0) is 10.7. The first kappa shape index (κ1) is 10.1. The summed E-state index contributed by atoms with van der Waals surface area (Å²) in [6.45, 7) is 0. The van der Waals surface area contributed by atoms with Gasteiger partial charge in [0, 0.05) is 11.3 Å². The third-order valence-corrected chi connectivity index (χ3v) is 3.73. The van der Waals surface area contributed by atoms with Crippen LogP contribution in [0.1, 0.15) is 15.9 Å². The molecule has 77 valence electrons. The smallest absolute Gasteiger partial charge is 0.248 e. The van der Waals surface area contributed by atoms with Crippen LogP contribution in [0.25, 0.3) is 0 Å². The molecule has 1 aliphatic heterocycles. The van der Waals surface area contributed by atoms with Crippen molar-refractivity contribution in [2.75, 3.05) is 0 Å². The molecule has 1 amide bonds. The van der Waals surface area contributed by atoms with Gasteiger partial charge in [0.25, 0.3) is 0 Å². The first-order valence-corrected chi connectivity index (χ1v) is 6.18. The van der Waals surface area contributed by atoms with Gasteiger partial charge >= 0.3 is 0 Å². The molecule has 0 unspecified atom stereocenters.